The third-order valence-electron chi connectivity index (χ3n) is 2.63. The largest absolute Gasteiger partial charge is 0.480 e. The molecule has 1 rings (SSSR count). The number of benzene rings is 1. The Morgan fingerprint density at radius 2 is 1.87 bits per heavy atom. The lowest BCUT2D eigenvalue weighted by molar-refractivity contribution is -0.140. The first-order valence-electron chi connectivity index (χ1n) is 4.60. The van der Waals surface area contributed by atoms with Crippen LogP contribution in [0.15, 0.2) is 24.3 Å². The third kappa shape index (κ3) is 2.33. The molecule has 3 N–H and O–H groups in total. The first-order chi connectivity index (χ1) is 6.85. The van der Waals surface area contributed by atoms with Crippen molar-refractivity contribution in [2.75, 3.05) is 0 Å². The van der Waals surface area contributed by atoms with Crippen molar-refractivity contribution >= 4 is 5.97 Å². The summed E-state index contributed by atoms with van der Waals surface area (Å²) in [5, 5.41) is 8.83. The van der Waals surface area contributed by atoms with Crippen LogP contribution in [0.3, 0.4) is 0 Å². The van der Waals surface area contributed by atoms with Crippen LogP contribution < -0.4 is 5.73 Å². The van der Waals surface area contributed by atoms with Crippen molar-refractivity contribution in [3.8, 4) is 0 Å². The minimum Gasteiger partial charge on any atom is -0.480 e. The maximum absolute atomic E-state index is 12.7. The van der Waals surface area contributed by atoms with Gasteiger partial charge in [-0.15, -0.1) is 0 Å². The number of hydrogen-bond acceptors (Lipinski definition) is 2. The smallest absolute Gasteiger partial charge is 0.321 e. The van der Waals surface area contributed by atoms with Crippen molar-refractivity contribution in [1.82, 2.24) is 0 Å². The van der Waals surface area contributed by atoms with Gasteiger partial charge in [-0.2, -0.15) is 0 Å². The van der Waals surface area contributed by atoms with Crippen molar-refractivity contribution < 1.29 is 14.3 Å². The SMILES string of the molecule is CC(C)(c1ccc(F)cc1)C(N)C(=O)O. The molecule has 0 saturated heterocycles. The molecule has 0 fully saturated rings. The molecular weight excluding hydrogens is 197 g/mol. The molecule has 0 heterocycles. The molecule has 0 aliphatic heterocycles. The summed E-state index contributed by atoms with van der Waals surface area (Å²) in [6.45, 7) is 3.44. The van der Waals surface area contributed by atoms with Crippen LogP contribution in [-0.2, 0) is 10.2 Å². The van der Waals surface area contributed by atoms with Gasteiger partial charge in [-0.1, -0.05) is 26.0 Å². The van der Waals surface area contributed by atoms with E-state index in [-0.39, 0.29) is 5.82 Å². The van der Waals surface area contributed by atoms with E-state index >= 15 is 0 Å². The monoisotopic (exact) mass is 211 g/mol. The van der Waals surface area contributed by atoms with Crippen LogP contribution in [0, 0.1) is 5.82 Å². The number of aliphatic carboxylic acids is 1. The molecule has 0 aliphatic rings. The average Bonchev–Trinajstić information content (AvgIpc) is 2.17. The lowest BCUT2D eigenvalue weighted by Crippen LogP contribution is -2.46. The molecule has 15 heavy (non-hydrogen) atoms. The highest BCUT2D eigenvalue weighted by molar-refractivity contribution is 5.75. The van der Waals surface area contributed by atoms with Crippen LogP contribution >= 0.6 is 0 Å². The Morgan fingerprint density at radius 1 is 1.40 bits per heavy atom. The van der Waals surface area contributed by atoms with Crippen molar-refractivity contribution in [3.63, 3.8) is 0 Å². The maximum Gasteiger partial charge on any atom is 0.321 e. The standard InChI is InChI=1S/C11H14FNO2/c1-11(2,9(13)10(14)15)7-3-5-8(12)6-4-7/h3-6,9H,13H2,1-2H3,(H,14,15). The summed E-state index contributed by atoms with van der Waals surface area (Å²) >= 11 is 0. The average molecular weight is 211 g/mol. The molecule has 0 amide bonds. The molecular formula is C11H14FNO2. The summed E-state index contributed by atoms with van der Waals surface area (Å²) in [6.07, 6.45) is 0. The molecule has 4 heteroatoms. The van der Waals surface area contributed by atoms with Crippen LogP contribution in [0.25, 0.3) is 0 Å². The number of carboxylic acid groups (broad SMARTS) is 1. The number of carbonyl (C=O) groups is 1. The van der Waals surface area contributed by atoms with E-state index in [4.69, 9.17) is 10.8 Å². The Kier molecular flexibility index (Phi) is 3.09. The highest BCUT2D eigenvalue weighted by atomic mass is 19.1. The van der Waals surface area contributed by atoms with Gasteiger partial charge in [0.05, 0.1) is 0 Å². The number of carboxylic acids is 1. The summed E-state index contributed by atoms with van der Waals surface area (Å²) < 4.78 is 12.7. The van der Waals surface area contributed by atoms with E-state index in [0.29, 0.717) is 5.56 Å². The van der Waals surface area contributed by atoms with Gasteiger partial charge >= 0.3 is 5.97 Å². The zero-order valence-electron chi connectivity index (χ0n) is 8.70. The number of hydrogen-bond donors (Lipinski definition) is 2. The van der Waals surface area contributed by atoms with Crippen molar-refractivity contribution in [3.05, 3.63) is 35.6 Å². The van der Waals surface area contributed by atoms with Crippen LogP contribution in [0.4, 0.5) is 4.39 Å². The number of halogens is 1. The third-order valence-corrected chi connectivity index (χ3v) is 2.63. The summed E-state index contributed by atoms with van der Waals surface area (Å²) in [5.74, 6) is -1.41. The van der Waals surface area contributed by atoms with Crippen LogP contribution in [0.2, 0.25) is 0 Å². The molecule has 0 spiro atoms. The molecule has 3 nitrogen and oxygen atoms in total. The van der Waals surface area contributed by atoms with Gasteiger partial charge in [0.25, 0.3) is 0 Å². The number of rotatable bonds is 3. The van der Waals surface area contributed by atoms with E-state index in [1.807, 2.05) is 0 Å². The molecule has 82 valence electrons. The van der Waals surface area contributed by atoms with E-state index < -0.39 is 17.4 Å². The summed E-state index contributed by atoms with van der Waals surface area (Å²) in [6, 6.07) is 4.69. The Hall–Kier alpha value is -1.42. The fourth-order valence-electron chi connectivity index (χ4n) is 1.37. The zero-order valence-corrected chi connectivity index (χ0v) is 8.70. The van der Waals surface area contributed by atoms with Gasteiger partial charge in [-0.3, -0.25) is 4.79 Å². The van der Waals surface area contributed by atoms with Gasteiger partial charge in [0, 0.05) is 5.41 Å². The van der Waals surface area contributed by atoms with Crippen LogP contribution in [-0.4, -0.2) is 17.1 Å². The highest BCUT2D eigenvalue weighted by Crippen LogP contribution is 2.26. The molecule has 1 aromatic rings. The Morgan fingerprint density at radius 3 is 2.27 bits per heavy atom. The molecule has 1 aromatic carbocycles. The molecule has 0 saturated carbocycles. The van der Waals surface area contributed by atoms with Gasteiger partial charge in [0.1, 0.15) is 11.9 Å². The van der Waals surface area contributed by atoms with Crippen molar-refractivity contribution in [2.24, 2.45) is 5.73 Å². The quantitative estimate of drug-likeness (QED) is 0.796. The van der Waals surface area contributed by atoms with E-state index in [1.165, 1.54) is 12.1 Å². The van der Waals surface area contributed by atoms with Gasteiger partial charge in [-0.25, -0.2) is 4.39 Å². The lowest BCUT2D eigenvalue weighted by Gasteiger charge is -2.29. The lowest BCUT2D eigenvalue weighted by atomic mass is 9.78. The first kappa shape index (κ1) is 11.7. The Labute approximate surface area is 87.7 Å². The first-order valence-corrected chi connectivity index (χ1v) is 4.60. The highest BCUT2D eigenvalue weighted by Gasteiger charge is 2.33. The Bertz CT molecular complexity index is 359. The second-order valence-electron chi connectivity index (χ2n) is 4.04. The predicted octanol–water partition coefficient (Wildman–Crippen LogP) is 1.52. The molecule has 0 aliphatic carbocycles. The van der Waals surface area contributed by atoms with Crippen LogP contribution in [0.5, 0.6) is 0 Å². The van der Waals surface area contributed by atoms with E-state index in [0.717, 1.165) is 0 Å². The fourth-order valence-corrected chi connectivity index (χ4v) is 1.37. The van der Waals surface area contributed by atoms with E-state index in [9.17, 15) is 9.18 Å². The minimum atomic E-state index is -1.07. The second kappa shape index (κ2) is 3.98. The second-order valence-corrected chi connectivity index (χ2v) is 4.04. The zero-order chi connectivity index (χ0) is 11.6. The molecule has 0 aromatic heterocycles. The van der Waals surface area contributed by atoms with Crippen molar-refractivity contribution in [1.29, 1.82) is 0 Å². The van der Waals surface area contributed by atoms with Gasteiger partial charge in [0.15, 0.2) is 0 Å². The molecule has 0 radical (unpaired) electrons. The van der Waals surface area contributed by atoms with Gasteiger partial charge in [0.2, 0.25) is 0 Å². The fraction of sp³-hybridized carbons (Fsp3) is 0.364. The summed E-state index contributed by atoms with van der Waals surface area (Å²) in [7, 11) is 0. The summed E-state index contributed by atoms with van der Waals surface area (Å²) in [4.78, 5) is 10.8. The maximum atomic E-state index is 12.7. The van der Waals surface area contributed by atoms with Crippen LogP contribution in [0.1, 0.15) is 19.4 Å². The van der Waals surface area contributed by atoms with Crippen molar-refractivity contribution in [2.45, 2.75) is 25.3 Å². The summed E-state index contributed by atoms with van der Waals surface area (Å²) in [5.41, 5.74) is 5.56. The topological polar surface area (TPSA) is 63.3 Å². The van der Waals surface area contributed by atoms with Gasteiger partial charge in [-0.05, 0) is 17.7 Å². The number of nitrogens with two attached hydrogens (primary N) is 1. The molecule has 1 atom stereocenters. The minimum absolute atomic E-state index is 0.349. The molecule has 0 bridgehead atoms. The van der Waals surface area contributed by atoms with E-state index in [2.05, 4.69) is 0 Å². The Balaban J connectivity index is 3.05. The van der Waals surface area contributed by atoms with Gasteiger partial charge < -0.3 is 10.8 Å². The normalized spacial score (nSPS) is 13.6. The van der Waals surface area contributed by atoms with E-state index in [1.54, 1.807) is 26.0 Å². The predicted molar refractivity (Wildman–Crippen MR) is 55.0 cm³/mol. The molecule has 1 unspecified atom stereocenters.